The molecule has 0 unspecified atom stereocenters. The summed E-state index contributed by atoms with van der Waals surface area (Å²) in [5.74, 6) is 0.398. The van der Waals surface area contributed by atoms with E-state index in [4.69, 9.17) is 22.1 Å². The second kappa shape index (κ2) is 9.04. The number of rotatable bonds is 6. The maximum absolute atomic E-state index is 12.2. The van der Waals surface area contributed by atoms with Gasteiger partial charge in [0.15, 0.2) is 0 Å². The van der Waals surface area contributed by atoms with E-state index < -0.39 is 11.5 Å². The highest BCUT2D eigenvalue weighted by Crippen LogP contribution is 2.69. The smallest absolute Gasteiger partial charge is 0.248 e. The number of benzene rings is 2. The zero-order chi connectivity index (χ0) is 25.6. The van der Waals surface area contributed by atoms with Crippen LogP contribution in [0.25, 0.3) is 0 Å². The van der Waals surface area contributed by atoms with Crippen LogP contribution in [-0.2, 0) is 5.60 Å². The van der Waals surface area contributed by atoms with Crippen molar-refractivity contribution in [2.24, 2.45) is 22.5 Å². The van der Waals surface area contributed by atoms with Crippen LogP contribution in [0.4, 0.5) is 5.69 Å². The van der Waals surface area contributed by atoms with Crippen LogP contribution in [0, 0.1) is 28.1 Å². The molecule has 2 aromatic rings. The molecule has 2 aromatic carbocycles. The highest BCUT2D eigenvalue weighted by atomic mass is 35.5. The van der Waals surface area contributed by atoms with Gasteiger partial charge in [0.05, 0.1) is 10.6 Å². The van der Waals surface area contributed by atoms with Crippen molar-refractivity contribution in [2.45, 2.75) is 52.6 Å². The van der Waals surface area contributed by atoms with E-state index in [-0.39, 0.29) is 17.4 Å². The lowest BCUT2D eigenvalue weighted by Gasteiger charge is -2.67. The molecule has 2 fully saturated rings. The van der Waals surface area contributed by atoms with Gasteiger partial charge >= 0.3 is 0 Å². The molecule has 1 aliphatic carbocycles. The molecule has 0 aromatic heterocycles. The lowest BCUT2D eigenvalue weighted by Crippen LogP contribution is -2.67. The zero-order valence-corrected chi connectivity index (χ0v) is 21.7. The van der Waals surface area contributed by atoms with Crippen LogP contribution in [-0.4, -0.2) is 30.7 Å². The van der Waals surface area contributed by atoms with Crippen LogP contribution in [0.15, 0.2) is 36.4 Å². The quantitative estimate of drug-likeness (QED) is 0.570. The number of carbonyl (C=O) groups excluding carboxylic acids is 1. The Morgan fingerprint density at radius 2 is 1.83 bits per heavy atom. The molecule has 2 aliphatic rings. The number of piperidine rings is 1. The number of anilines is 1. The largest absolute Gasteiger partial charge is 0.481 e. The van der Waals surface area contributed by atoms with Gasteiger partial charge in [-0.15, -0.1) is 0 Å². The van der Waals surface area contributed by atoms with Gasteiger partial charge in [-0.05, 0) is 55.5 Å². The number of hydrogen-bond acceptors (Lipinski definition) is 5. The first-order chi connectivity index (χ1) is 16.5. The van der Waals surface area contributed by atoms with Gasteiger partial charge in [0, 0.05) is 53.4 Å². The summed E-state index contributed by atoms with van der Waals surface area (Å²) in [4.78, 5) is 14.6. The number of hydrogen-bond donors (Lipinski definition) is 2. The van der Waals surface area contributed by atoms with E-state index in [0.717, 1.165) is 43.6 Å². The van der Waals surface area contributed by atoms with Crippen LogP contribution in [0.1, 0.15) is 68.4 Å². The van der Waals surface area contributed by atoms with Crippen molar-refractivity contribution in [3.63, 3.8) is 0 Å². The molecule has 1 heterocycles. The summed E-state index contributed by atoms with van der Waals surface area (Å²) in [5, 5.41) is 19.3. The summed E-state index contributed by atoms with van der Waals surface area (Å²) in [6.07, 6.45) is 2.72. The number of nitrogens with zero attached hydrogens (tertiary/aromatic N) is 2. The Kier molecular flexibility index (Phi) is 6.54. The predicted octanol–water partition coefficient (Wildman–Crippen LogP) is 5.25. The molecule has 3 N–H and O–H groups in total. The van der Waals surface area contributed by atoms with Gasteiger partial charge in [-0.3, -0.25) is 4.79 Å². The van der Waals surface area contributed by atoms with Gasteiger partial charge in [-0.25, -0.2) is 0 Å². The lowest BCUT2D eigenvalue weighted by atomic mass is 9.42. The number of nitriles is 1. The second-order valence-corrected chi connectivity index (χ2v) is 11.6. The van der Waals surface area contributed by atoms with Crippen molar-refractivity contribution in [2.75, 3.05) is 24.6 Å². The Hall–Kier alpha value is -2.75. The predicted molar refractivity (Wildman–Crippen MR) is 138 cm³/mol. The Bertz CT molecular complexity index is 1160. The number of halogens is 1. The minimum atomic E-state index is -0.786. The van der Waals surface area contributed by atoms with Gasteiger partial charge in [0.1, 0.15) is 17.4 Å². The van der Waals surface area contributed by atoms with Gasteiger partial charge in [-0.1, -0.05) is 39.3 Å². The number of nitrogens with two attached hydrogens (primary N) is 1. The molecule has 0 spiro atoms. The highest BCUT2D eigenvalue weighted by Gasteiger charge is 2.69. The van der Waals surface area contributed by atoms with Gasteiger partial charge in [0.25, 0.3) is 0 Å². The fourth-order valence-corrected chi connectivity index (χ4v) is 6.87. The fraction of sp³-hybridized carbons (Fsp3) is 0.500. The first-order valence-electron chi connectivity index (χ1n) is 12.1. The Balaban J connectivity index is 1.89. The van der Waals surface area contributed by atoms with E-state index in [9.17, 15) is 15.2 Å². The van der Waals surface area contributed by atoms with Crippen molar-refractivity contribution in [1.82, 2.24) is 0 Å². The molecule has 1 saturated carbocycles. The van der Waals surface area contributed by atoms with E-state index in [2.05, 4.69) is 38.7 Å². The number of aliphatic hydroxyl groups excluding tert-OH is 1. The summed E-state index contributed by atoms with van der Waals surface area (Å²) in [5.41, 5.74) is 7.17. The maximum Gasteiger partial charge on any atom is 0.248 e. The number of amides is 1. The summed E-state index contributed by atoms with van der Waals surface area (Å²) in [7, 11) is 0. The minimum Gasteiger partial charge on any atom is -0.481 e. The molecule has 0 radical (unpaired) electrons. The van der Waals surface area contributed by atoms with Crippen molar-refractivity contribution in [1.29, 1.82) is 5.26 Å². The Morgan fingerprint density at radius 3 is 2.34 bits per heavy atom. The summed E-state index contributed by atoms with van der Waals surface area (Å²) >= 11 is 6.36. The minimum absolute atomic E-state index is 0.202. The van der Waals surface area contributed by atoms with Crippen LogP contribution in [0.5, 0.6) is 5.75 Å². The lowest BCUT2D eigenvalue weighted by molar-refractivity contribution is -0.237. The molecule has 0 atom stereocenters. The highest BCUT2D eigenvalue weighted by molar-refractivity contribution is 6.31. The SMILES string of the molecule is CC1(C)CC(C)(C)C1(Oc1ccc(C#N)c(Cl)c1)c1cc(C(N)=O)ccc1N1CCC(CO)CC1. The maximum atomic E-state index is 12.2. The first-order valence-corrected chi connectivity index (χ1v) is 12.5. The van der Waals surface area contributed by atoms with Gasteiger partial charge in [-0.2, -0.15) is 5.26 Å². The topological polar surface area (TPSA) is 99.6 Å². The van der Waals surface area contributed by atoms with E-state index in [0.29, 0.717) is 27.8 Å². The third kappa shape index (κ3) is 4.15. The zero-order valence-electron chi connectivity index (χ0n) is 20.9. The molecule has 0 bridgehead atoms. The summed E-state index contributed by atoms with van der Waals surface area (Å²) < 4.78 is 6.93. The monoisotopic (exact) mass is 495 g/mol. The normalized spacial score (nSPS) is 20.5. The Labute approximate surface area is 212 Å². The second-order valence-electron chi connectivity index (χ2n) is 11.2. The number of ether oxygens (including phenoxy) is 1. The standard InChI is InChI=1S/C28H34ClN3O3/c1-26(2)17-27(3,4)28(26,35-21-7-5-20(15-30)23(29)14-21)22-13-19(25(31)34)6-8-24(22)32-11-9-18(16-33)10-12-32/h5-8,13-14,18,33H,9-12,16-17H2,1-4H3,(H2,31,34). The molecular formula is C28H34ClN3O3. The molecule has 4 rings (SSSR count). The molecule has 1 saturated heterocycles. The van der Waals surface area contributed by atoms with E-state index in [1.165, 1.54) is 0 Å². The van der Waals surface area contributed by atoms with Crippen molar-refractivity contribution in [3.8, 4) is 11.8 Å². The average molecular weight is 496 g/mol. The first kappa shape index (κ1) is 25.3. The molecular weight excluding hydrogens is 462 g/mol. The summed E-state index contributed by atoms with van der Waals surface area (Å²) in [6, 6.07) is 12.9. The van der Waals surface area contributed by atoms with E-state index >= 15 is 0 Å². The molecule has 1 amide bonds. The van der Waals surface area contributed by atoms with Crippen LogP contribution < -0.4 is 15.4 Å². The van der Waals surface area contributed by atoms with Crippen molar-refractivity contribution < 1.29 is 14.6 Å². The molecule has 35 heavy (non-hydrogen) atoms. The van der Waals surface area contributed by atoms with Gasteiger partial charge < -0.3 is 20.5 Å². The van der Waals surface area contributed by atoms with Crippen molar-refractivity contribution >= 4 is 23.2 Å². The number of carbonyl (C=O) groups is 1. The molecule has 186 valence electrons. The van der Waals surface area contributed by atoms with E-state index in [1.807, 2.05) is 12.1 Å². The van der Waals surface area contributed by atoms with Crippen molar-refractivity contribution in [3.05, 3.63) is 58.1 Å². The summed E-state index contributed by atoms with van der Waals surface area (Å²) in [6.45, 7) is 10.6. The molecule has 7 heteroatoms. The van der Waals surface area contributed by atoms with Crippen LogP contribution in [0.3, 0.4) is 0 Å². The van der Waals surface area contributed by atoms with Crippen LogP contribution in [0.2, 0.25) is 5.02 Å². The van der Waals surface area contributed by atoms with Gasteiger partial charge in [0.2, 0.25) is 5.91 Å². The average Bonchev–Trinajstić information content (AvgIpc) is 2.81. The molecule has 1 aliphatic heterocycles. The fourth-order valence-electron chi connectivity index (χ4n) is 6.65. The Morgan fingerprint density at radius 1 is 1.17 bits per heavy atom. The van der Waals surface area contributed by atoms with E-state index in [1.54, 1.807) is 24.3 Å². The number of aliphatic hydroxyl groups is 1. The third-order valence-corrected chi connectivity index (χ3v) is 8.31. The van der Waals surface area contributed by atoms with Crippen LogP contribution >= 0.6 is 11.6 Å². The third-order valence-electron chi connectivity index (χ3n) is 8.00. The molecule has 6 nitrogen and oxygen atoms in total. The number of primary amides is 1.